The van der Waals surface area contributed by atoms with Gasteiger partial charge in [-0.25, -0.2) is 0 Å². The van der Waals surface area contributed by atoms with Crippen LogP contribution in [0.15, 0.2) is 54.6 Å². The van der Waals surface area contributed by atoms with Crippen LogP contribution in [0.5, 0.6) is 0 Å². The molecule has 0 bridgehead atoms. The van der Waals surface area contributed by atoms with Crippen LogP contribution in [0.1, 0.15) is 28.8 Å². The first kappa shape index (κ1) is 13.8. The molecule has 0 aliphatic rings. The van der Waals surface area contributed by atoms with Crippen LogP contribution in [-0.2, 0) is 4.79 Å². The van der Waals surface area contributed by atoms with Crippen molar-refractivity contribution in [2.45, 2.75) is 12.8 Å². The summed E-state index contributed by atoms with van der Waals surface area (Å²) < 4.78 is 0. The molecule has 0 fully saturated rings. The van der Waals surface area contributed by atoms with Gasteiger partial charge < -0.3 is 10.4 Å². The molecule has 2 N–H and O–H groups in total. The first-order valence-corrected chi connectivity index (χ1v) is 6.27. The summed E-state index contributed by atoms with van der Waals surface area (Å²) in [6.45, 7) is 1.59. The smallest absolute Gasteiger partial charge is 0.310 e. The predicted octanol–water partition coefficient (Wildman–Crippen LogP) is 3.13. The molecule has 2 rings (SSSR count). The third-order valence-electron chi connectivity index (χ3n) is 3.08. The molecule has 0 saturated heterocycles. The molecule has 0 spiro atoms. The van der Waals surface area contributed by atoms with Gasteiger partial charge in [-0.1, -0.05) is 36.4 Å². The Hall–Kier alpha value is -2.62. The summed E-state index contributed by atoms with van der Waals surface area (Å²) in [5, 5.41) is 11.9. The minimum absolute atomic E-state index is 0.254. The lowest BCUT2D eigenvalue weighted by Gasteiger charge is -2.14. The Labute approximate surface area is 117 Å². The van der Waals surface area contributed by atoms with Gasteiger partial charge in [0.15, 0.2) is 0 Å². The maximum Gasteiger partial charge on any atom is 0.310 e. The van der Waals surface area contributed by atoms with E-state index in [-0.39, 0.29) is 5.91 Å². The molecule has 0 aliphatic heterocycles. The number of carboxylic acid groups (broad SMARTS) is 1. The van der Waals surface area contributed by atoms with Crippen LogP contribution >= 0.6 is 0 Å². The number of anilines is 1. The van der Waals surface area contributed by atoms with Crippen molar-refractivity contribution in [3.8, 4) is 0 Å². The number of para-hydroxylation sites is 1. The molecule has 0 radical (unpaired) electrons. The highest BCUT2D eigenvalue weighted by Gasteiger charge is 2.18. The molecule has 0 aromatic heterocycles. The zero-order chi connectivity index (χ0) is 14.5. The molecular formula is C16H15NO3. The lowest BCUT2D eigenvalue weighted by atomic mass is 9.99. The number of aliphatic carboxylic acids is 1. The van der Waals surface area contributed by atoms with Crippen LogP contribution in [0, 0.1) is 0 Å². The summed E-state index contributed by atoms with van der Waals surface area (Å²) in [6, 6.07) is 15.7. The molecule has 4 nitrogen and oxygen atoms in total. The predicted molar refractivity (Wildman–Crippen MR) is 76.9 cm³/mol. The van der Waals surface area contributed by atoms with E-state index in [4.69, 9.17) is 5.11 Å². The third kappa shape index (κ3) is 3.03. The zero-order valence-electron chi connectivity index (χ0n) is 11.0. The molecule has 20 heavy (non-hydrogen) atoms. The van der Waals surface area contributed by atoms with Crippen LogP contribution in [0.4, 0.5) is 5.69 Å². The van der Waals surface area contributed by atoms with Crippen LogP contribution in [0.2, 0.25) is 0 Å². The van der Waals surface area contributed by atoms with E-state index in [2.05, 4.69) is 5.32 Å². The standard InChI is InChI=1S/C16H15NO3/c1-11(16(19)20)13-9-5-6-10-14(13)17-15(18)12-7-3-2-4-8-12/h2-11H,1H3,(H,17,18)(H,19,20). The van der Waals surface area contributed by atoms with Gasteiger partial charge in [0.25, 0.3) is 5.91 Å². The van der Waals surface area contributed by atoms with E-state index in [1.807, 2.05) is 6.07 Å². The van der Waals surface area contributed by atoms with Crippen molar-refractivity contribution in [1.82, 2.24) is 0 Å². The van der Waals surface area contributed by atoms with E-state index in [1.165, 1.54) is 0 Å². The number of carboxylic acids is 1. The molecule has 0 heterocycles. The average Bonchev–Trinajstić information content (AvgIpc) is 2.48. The number of benzene rings is 2. The van der Waals surface area contributed by atoms with Crippen molar-refractivity contribution < 1.29 is 14.7 Å². The summed E-state index contributed by atoms with van der Waals surface area (Å²) in [5.74, 6) is -1.86. The van der Waals surface area contributed by atoms with Crippen molar-refractivity contribution in [1.29, 1.82) is 0 Å². The van der Waals surface area contributed by atoms with Crippen molar-refractivity contribution >= 4 is 17.6 Å². The van der Waals surface area contributed by atoms with Gasteiger partial charge in [0.05, 0.1) is 5.92 Å². The highest BCUT2D eigenvalue weighted by atomic mass is 16.4. The zero-order valence-corrected chi connectivity index (χ0v) is 11.0. The minimum atomic E-state index is -0.925. The molecule has 1 unspecified atom stereocenters. The Balaban J connectivity index is 2.26. The third-order valence-corrected chi connectivity index (χ3v) is 3.08. The van der Waals surface area contributed by atoms with Crippen LogP contribution in [-0.4, -0.2) is 17.0 Å². The van der Waals surface area contributed by atoms with Crippen molar-refractivity contribution in [3.63, 3.8) is 0 Å². The van der Waals surface area contributed by atoms with Crippen molar-refractivity contribution in [2.75, 3.05) is 5.32 Å². The molecule has 102 valence electrons. The van der Waals surface area contributed by atoms with E-state index < -0.39 is 11.9 Å². The number of amides is 1. The van der Waals surface area contributed by atoms with Gasteiger partial charge in [-0.2, -0.15) is 0 Å². The van der Waals surface area contributed by atoms with Gasteiger partial charge in [0.1, 0.15) is 0 Å². The van der Waals surface area contributed by atoms with Gasteiger partial charge in [-0.15, -0.1) is 0 Å². The summed E-state index contributed by atoms with van der Waals surface area (Å²) in [4.78, 5) is 23.2. The Bertz CT molecular complexity index is 623. The molecule has 1 amide bonds. The SMILES string of the molecule is CC(C(=O)O)c1ccccc1NC(=O)c1ccccc1. The molecule has 0 saturated carbocycles. The number of hydrogen-bond donors (Lipinski definition) is 2. The maximum atomic E-state index is 12.1. The number of nitrogens with one attached hydrogen (secondary N) is 1. The van der Waals surface area contributed by atoms with E-state index in [0.29, 0.717) is 16.8 Å². The topological polar surface area (TPSA) is 66.4 Å². The van der Waals surface area contributed by atoms with Gasteiger partial charge in [0.2, 0.25) is 0 Å². The summed E-state index contributed by atoms with van der Waals surface area (Å²) in [7, 11) is 0. The van der Waals surface area contributed by atoms with E-state index in [9.17, 15) is 9.59 Å². The highest BCUT2D eigenvalue weighted by Crippen LogP contribution is 2.24. The normalized spacial score (nSPS) is 11.7. The average molecular weight is 269 g/mol. The Kier molecular flexibility index (Phi) is 4.15. The van der Waals surface area contributed by atoms with E-state index in [0.717, 1.165) is 0 Å². The molecule has 2 aromatic carbocycles. The fourth-order valence-corrected chi connectivity index (χ4v) is 1.91. The van der Waals surface area contributed by atoms with Crippen molar-refractivity contribution in [3.05, 3.63) is 65.7 Å². The lowest BCUT2D eigenvalue weighted by molar-refractivity contribution is -0.138. The molecule has 2 aromatic rings. The second-order valence-corrected chi connectivity index (χ2v) is 4.47. The van der Waals surface area contributed by atoms with Crippen LogP contribution in [0.25, 0.3) is 0 Å². The van der Waals surface area contributed by atoms with Crippen molar-refractivity contribution in [2.24, 2.45) is 0 Å². The lowest BCUT2D eigenvalue weighted by Crippen LogP contribution is -2.16. The summed E-state index contributed by atoms with van der Waals surface area (Å²) in [6.07, 6.45) is 0. The first-order valence-electron chi connectivity index (χ1n) is 6.27. The Morgan fingerprint density at radius 1 is 1.00 bits per heavy atom. The largest absolute Gasteiger partial charge is 0.481 e. The molecule has 4 heteroatoms. The number of hydrogen-bond acceptors (Lipinski definition) is 2. The van der Waals surface area contributed by atoms with Crippen LogP contribution < -0.4 is 5.32 Å². The maximum absolute atomic E-state index is 12.1. The minimum Gasteiger partial charge on any atom is -0.481 e. The van der Waals surface area contributed by atoms with Crippen LogP contribution in [0.3, 0.4) is 0 Å². The number of carbonyl (C=O) groups is 2. The van der Waals surface area contributed by atoms with E-state index >= 15 is 0 Å². The molecule has 0 aliphatic carbocycles. The fourth-order valence-electron chi connectivity index (χ4n) is 1.91. The summed E-state index contributed by atoms with van der Waals surface area (Å²) >= 11 is 0. The van der Waals surface area contributed by atoms with E-state index in [1.54, 1.807) is 55.5 Å². The highest BCUT2D eigenvalue weighted by molar-refractivity contribution is 6.05. The van der Waals surface area contributed by atoms with Gasteiger partial charge in [0, 0.05) is 11.3 Å². The quantitative estimate of drug-likeness (QED) is 0.896. The summed E-state index contributed by atoms with van der Waals surface area (Å²) in [5.41, 5.74) is 1.64. The number of rotatable bonds is 4. The van der Waals surface area contributed by atoms with Gasteiger partial charge in [-0.05, 0) is 30.7 Å². The Morgan fingerprint density at radius 2 is 1.60 bits per heavy atom. The second kappa shape index (κ2) is 6.02. The Morgan fingerprint density at radius 3 is 2.25 bits per heavy atom. The molecule has 1 atom stereocenters. The second-order valence-electron chi connectivity index (χ2n) is 4.47. The number of carbonyl (C=O) groups excluding carboxylic acids is 1. The van der Waals surface area contributed by atoms with Gasteiger partial charge >= 0.3 is 5.97 Å². The monoisotopic (exact) mass is 269 g/mol. The van der Waals surface area contributed by atoms with Gasteiger partial charge in [-0.3, -0.25) is 9.59 Å². The fraction of sp³-hybridized carbons (Fsp3) is 0.125. The molecular weight excluding hydrogens is 254 g/mol. The first-order chi connectivity index (χ1) is 9.59.